The van der Waals surface area contributed by atoms with Crippen LogP contribution in [0.2, 0.25) is 0 Å². The van der Waals surface area contributed by atoms with Crippen molar-refractivity contribution in [3.05, 3.63) is 45.9 Å². The fourth-order valence-corrected chi connectivity index (χ4v) is 3.29. The van der Waals surface area contributed by atoms with Crippen LogP contribution in [0, 0.1) is 19.3 Å². The molecule has 6 nitrogen and oxygen atoms in total. The van der Waals surface area contributed by atoms with Crippen LogP contribution in [-0.2, 0) is 6.54 Å². The fourth-order valence-electron chi connectivity index (χ4n) is 2.58. The minimum absolute atomic E-state index is 0.105. The van der Waals surface area contributed by atoms with Crippen molar-refractivity contribution in [1.82, 2.24) is 10.3 Å². The van der Waals surface area contributed by atoms with Crippen molar-refractivity contribution in [2.75, 3.05) is 11.9 Å². The van der Waals surface area contributed by atoms with E-state index in [0.29, 0.717) is 31.5 Å². The fraction of sp³-hybridized carbons (Fsp3) is 0.368. The molecule has 1 amide bonds. The highest BCUT2D eigenvalue weighted by atomic mass is 32.1. The number of anilines is 1. The largest absolute Gasteiger partial charge is 0.379 e. The van der Waals surface area contributed by atoms with Gasteiger partial charge in [0.2, 0.25) is 0 Å². The molecular formula is C19H21N5OS. The summed E-state index contributed by atoms with van der Waals surface area (Å²) < 4.78 is 0. The lowest BCUT2D eigenvalue weighted by Gasteiger charge is -2.11. The number of aromatic nitrogens is 1. The first-order valence-corrected chi connectivity index (χ1v) is 9.39. The molecule has 2 N–H and O–H groups in total. The molecule has 2 aromatic rings. The Morgan fingerprint density at radius 1 is 1.35 bits per heavy atom. The minimum atomic E-state index is -0.366. The number of benzene rings is 1. The molecule has 1 aliphatic heterocycles. The van der Waals surface area contributed by atoms with Gasteiger partial charge in [-0.2, -0.15) is 10.2 Å². The molecule has 1 aliphatic rings. The molecule has 3 rings (SSSR count). The van der Waals surface area contributed by atoms with Crippen LogP contribution in [0.25, 0.3) is 0 Å². The van der Waals surface area contributed by atoms with Crippen LogP contribution >= 0.6 is 11.3 Å². The zero-order valence-corrected chi connectivity index (χ0v) is 15.5. The number of thiazole rings is 1. The molecule has 0 saturated heterocycles. The van der Waals surface area contributed by atoms with Crippen LogP contribution in [0.15, 0.2) is 39.9 Å². The average Bonchev–Trinajstić information content (AvgIpc) is 3.30. The predicted octanol–water partition coefficient (Wildman–Crippen LogP) is 3.76. The number of aryl methyl sites for hydroxylation is 1. The first-order valence-electron chi connectivity index (χ1n) is 8.51. The Hall–Kier alpha value is -2.72. The van der Waals surface area contributed by atoms with Gasteiger partial charge in [0.15, 0.2) is 5.66 Å². The molecule has 7 heteroatoms. The zero-order chi connectivity index (χ0) is 18.4. The molecule has 134 valence electrons. The number of hydrogen-bond donors (Lipinski definition) is 2. The molecular weight excluding hydrogens is 346 g/mol. The summed E-state index contributed by atoms with van der Waals surface area (Å²) in [6.45, 7) is 3.14. The lowest BCUT2D eigenvalue weighted by molar-refractivity contribution is 0.0952. The van der Waals surface area contributed by atoms with Gasteiger partial charge in [-0.3, -0.25) is 4.79 Å². The number of carbonyl (C=O) groups is 1. The zero-order valence-electron chi connectivity index (χ0n) is 14.7. The number of nitrogens with one attached hydrogen (secondary N) is 2. The predicted molar refractivity (Wildman–Crippen MR) is 103 cm³/mol. The van der Waals surface area contributed by atoms with E-state index in [0.717, 1.165) is 22.8 Å². The second kappa shape index (κ2) is 8.11. The second-order valence-electron chi connectivity index (χ2n) is 6.21. The topological polar surface area (TPSA) is 78.7 Å². The van der Waals surface area contributed by atoms with Gasteiger partial charge in [0, 0.05) is 48.1 Å². The Morgan fingerprint density at radius 2 is 2.19 bits per heavy atom. The third-order valence-corrected chi connectivity index (χ3v) is 5.07. The second-order valence-corrected chi connectivity index (χ2v) is 7.15. The summed E-state index contributed by atoms with van der Waals surface area (Å²) in [4.78, 5) is 16.8. The van der Waals surface area contributed by atoms with Crippen LogP contribution in [0.5, 0.6) is 0 Å². The van der Waals surface area contributed by atoms with E-state index in [1.807, 2.05) is 30.5 Å². The van der Waals surface area contributed by atoms with Crippen molar-refractivity contribution in [2.24, 2.45) is 10.2 Å². The van der Waals surface area contributed by atoms with E-state index in [2.05, 4.69) is 31.8 Å². The van der Waals surface area contributed by atoms with E-state index >= 15 is 0 Å². The number of nitrogens with zero attached hydrogens (tertiary/aromatic N) is 3. The van der Waals surface area contributed by atoms with Gasteiger partial charge in [0.25, 0.3) is 5.91 Å². The summed E-state index contributed by atoms with van der Waals surface area (Å²) in [7, 11) is 0. The van der Waals surface area contributed by atoms with Gasteiger partial charge in [-0.15, -0.1) is 23.7 Å². The van der Waals surface area contributed by atoms with Gasteiger partial charge < -0.3 is 10.6 Å². The number of rotatable bonds is 9. The number of carbonyl (C=O) groups excluding carboxylic acids is 1. The van der Waals surface area contributed by atoms with Crippen molar-refractivity contribution in [3.8, 4) is 12.3 Å². The number of amides is 1. The summed E-state index contributed by atoms with van der Waals surface area (Å²) in [5.41, 5.74) is 2.17. The van der Waals surface area contributed by atoms with Gasteiger partial charge in [-0.1, -0.05) is 6.07 Å². The van der Waals surface area contributed by atoms with Crippen molar-refractivity contribution >= 4 is 22.9 Å². The maximum absolute atomic E-state index is 12.4. The molecule has 0 atom stereocenters. The van der Waals surface area contributed by atoms with Crippen LogP contribution in [0.3, 0.4) is 0 Å². The summed E-state index contributed by atoms with van der Waals surface area (Å²) in [5, 5.41) is 17.4. The van der Waals surface area contributed by atoms with Crippen LogP contribution < -0.4 is 10.6 Å². The highest BCUT2D eigenvalue weighted by Gasteiger charge is 2.38. The molecule has 2 heterocycles. The third-order valence-electron chi connectivity index (χ3n) is 4.10. The molecule has 0 bridgehead atoms. The van der Waals surface area contributed by atoms with Crippen molar-refractivity contribution in [2.45, 2.75) is 38.4 Å². The van der Waals surface area contributed by atoms with Gasteiger partial charge in [0.05, 0.1) is 6.54 Å². The van der Waals surface area contributed by atoms with Crippen LogP contribution in [0.1, 0.15) is 40.3 Å². The van der Waals surface area contributed by atoms with Crippen LogP contribution in [-0.4, -0.2) is 23.1 Å². The van der Waals surface area contributed by atoms with Crippen molar-refractivity contribution < 1.29 is 4.79 Å². The minimum Gasteiger partial charge on any atom is -0.379 e. The van der Waals surface area contributed by atoms with Gasteiger partial charge >= 0.3 is 0 Å². The summed E-state index contributed by atoms with van der Waals surface area (Å²) in [6.07, 6.45) is 7.35. The molecule has 1 aromatic heterocycles. The average molecular weight is 367 g/mol. The molecule has 0 saturated carbocycles. The summed E-state index contributed by atoms with van der Waals surface area (Å²) in [6, 6.07) is 7.45. The van der Waals surface area contributed by atoms with Crippen molar-refractivity contribution in [1.29, 1.82) is 0 Å². The molecule has 0 fully saturated rings. The normalized spacial score (nSPS) is 13.8. The van der Waals surface area contributed by atoms with E-state index in [-0.39, 0.29) is 11.6 Å². The van der Waals surface area contributed by atoms with Gasteiger partial charge in [-0.25, -0.2) is 4.98 Å². The van der Waals surface area contributed by atoms with Gasteiger partial charge in [0.1, 0.15) is 5.01 Å². The Labute approximate surface area is 157 Å². The smallest absolute Gasteiger partial charge is 0.251 e. The highest BCUT2D eigenvalue weighted by Crippen LogP contribution is 2.36. The Kier molecular flexibility index (Phi) is 5.64. The number of hydrogen-bond acceptors (Lipinski definition) is 6. The summed E-state index contributed by atoms with van der Waals surface area (Å²) >= 11 is 1.62. The van der Waals surface area contributed by atoms with Crippen molar-refractivity contribution in [3.63, 3.8) is 0 Å². The van der Waals surface area contributed by atoms with Gasteiger partial charge in [-0.05, 0) is 25.1 Å². The molecule has 26 heavy (non-hydrogen) atoms. The van der Waals surface area contributed by atoms with E-state index in [1.165, 1.54) is 0 Å². The Bertz CT molecular complexity index is 846. The summed E-state index contributed by atoms with van der Waals surface area (Å²) in [5.74, 6) is 2.50. The lowest BCUT2D eigenvalue weighted by atomic mass is 10.0. The highest BCUT2D eigenvalue weighted by molar-refractivity contribution is 7.09. The maximum atomic E-state index is 12.4. The van der Waals surface area contributed by atoms with E-state index in [4.69, 9.17) is 6.42 Å². The number of terminal acetylenes is 1. The monoisotopic (exact) mass is 367 g/mol. The molecule has 0 unspecified atom stereocenters. The first kappa shape index (κ1) is 18.1. The quantitative estimate of drug-likeness (QED) is 0.662. The maximum Gasteiger partial charge on any atom is 0.251 e. The molecule has 0 aliphatic carbocycles. The van der Waals surface area contributed by atoms with E-state index in [9.17, 15) is 4.79 Å². The Morgan fingerprint density at radius 3 is 2.88 bits per heavy atom. The SMILES string of the molecule is C#CCCC1(CCNC(=O)c2cccc(NCc3nc(C)cs3)c2)N=N1. The third kappa shape index (κ3) is 4.90. The molecule has 1 aromatic carbocycles. The van der Waals surface area contributed by atoms with E-state index < -0.39 is 0 Å². The lowest BCUT2D eigenvalue weighted by Crippen LogP contribution is -2.28. The van der Waals surface area contributed by atoms with E-state index in [1.54, 1.807) is 17.4 Å². The standard InChI is InChI=1S/C19H21N5OS/c1-3-4-8-19(23-24-19)9-10-20-18(25)15-6-5-7-16(11-15)21-12-17-22-14(2)13-26-17/h1,5-7,11,13,21H,4,8-10,12H2,2H3,(H,20,25). The first-order chi connectivity index (χ1) is 12.6. The Balaban J connectivity index is 1.47. The molecule has 0 radical (unpaired) electrons. The molecule has 0 spiro atoms. The van der Waals surface area contributed by atoms with Crippen LogP contribution in [0.4, 0.5) is 5.69 Å².